The number of rotatable bonds is 10. The minimum absolute atomic E-state index is 0.818. The minimum Gasteiger partial charge on any atom is -0.494 e. The molecule has 0 aliphatic carbocycles. The quantitative estimate of drug-likeness (QED) is 0.556. The van der Waals surface area contributed by atoms with Crippen LogP contribution in [0.3, 0.4) is 0 Å². The third kappa shape index (κ3) is 6.87. The number of nitrogens with zero attached hydrogens (tertiary/aromatic N) is 1. The van der Waals surface area contributed by atoms with Crippen molar-refractivity contribution in [1.29, 1.82) is 0 Å². The summed E-state index contributed by atoms with van der Waals surface area (Å²) in [4.78, 5) is 2.25. The molecule has 2 aromatic carbocycles. The van der Waals surface area contributed by atoms with E-state index in [4.69, 9.17) is 4.74 Å². The SMILES string of the molecule is CN(C)CCCCCCCOc1ccc(-c2ccccc2)cc1. The zero-order valence-electron chi connectivity index (χ0n) is 14.5. The van der Waals surface area contributed by atoms with Gasteiger partial charge in [0.05, 0.1) is 6.61 Å². The molecule has 0 saturated carbocycles. The molecule has 0 unspecified atom stereocenters. The van der Waals surface area contributed by atoms with Crippen LogP contribution in [0.1, 0.15) is 32.1 Å². The second kappa shape index (κ2) is 10.1. The molecule has 0 radical (unpaired) electrons. The monoisotopic (exact) mass is 311 g/mol. The lowest BCUT2D eigenvalue weighted by molar-refractivity contribution is 0.303. The van der Waals surface area contributed by atoms with Crippen molar-refractivity contribution in [3.05, 3.63) is 54.6 Å². The van der Waals surface area contributed by atoms with Crippen molar-refractivity contribution in [1.82, 2.24) is 4.90 Å². The van der Waals surface area contributed by atoms with Gasteiger partial charge in [-0.05, 0) is 56.7 Å². The highest BCUT2D eigenvalue weighted by molar-refractivity contribution is 5.63. The van der Waals surface area contributed by atoms with E-state index in [0.29, 0.717) is 0 Å². The maximum atomic E-state index is 5.83. The molecule has 2 aromatic rings. The number of hydrogen-bond donors (Lipinski definition) is 0. The Morgan fingerprint density at radius 1 is 0.696 bits per heavy atom. The minimum atomic E-state index is 0.818. The van der Waals surface area contributed by atoms with Gasteiger partial charge in [0.2, 0.25) is 0 Å². The molecule has 124 valence electrons. The van der Waals surface area contributed by atoms with Crippen LogP contribution in [-0.2, 0) is 0 Å². The lowest BCUT2D eigenvalue weighted by Gasteiger charge is -2.09. The summed E-state index contributed by atoms with van der Waals surface area (Å²) in [5, 5.41) is 0. The van der Waals surface area contributed by atoms with Gasteiger partial charge in [0, 0.05) is 0 Å². The highest BCUT2D eigenvalue weighted by Gasteiger charge is 1.98. The summed E-state index contributed by atoms with van der Waals surface area (Å²) in [5.74, 6) is 0.970. The third-order valence-corrected chi connectivity index (χ3v) is 3.98. The van der Waals surface area contributed by atoms with Crippen molar-refractivity contribution >= 4 is 0 Å². The van der Waals surface area contributed by atoms with Gasteiger partial charge in [-0.3, -0.25) is 0 Å². The van der Waals surface area contributed by atoms with Gasteiger partial charge < -0.3 is 9.64 Å². The lowest BCUT2D eigenvalue weighted by Crippen LogP contribution is -2.12. The fourth-order valence-corrected chi connectivity index (χ4v) is 2.62. The molecule has 0 fully saturated rings. The smallest absolute Gasteiger partial charge is 0.119 e. The first kappa shape index (κ1) is 17.6. The summed E-state index contributed by atoms with van der Waals surface area (Å²) in [6.07, 6.45) is 6.33. The van der Waals surface area contributed by atoms with Gasteiger partial charge in [-0.2, -0.15) is 0 Å². The molecule has 0 saturated heterocycles. The van der Waals surface area contributed by atoms with Crippen molar-refractivity contribution in [3.63, 3.8) is 0 Å². The zero-order chi connectivity index (χ0) is 16.3. The number of hydrogen-bond acceptors (Lipinski definition) is 2. The first-order chi connectivity index (χ1) is 11.3. The van der Waals surface area contributed by atoms with Crippen LogP contribution in [0, 0.1) is 0 Å². The second-order valence-corrected chi connectivity index (χ2v) is 6.31. The van der Waals surface area contributed by atoms with E-state index < -0.39 is 0 Å². The Morgan fingerprint density at radius 3 is 2.00 bits per heavy atom. The molecular formula is C21H29NO. The van der Waals surface area contributed by atoms with Crippen LogP contribution < -0.4 is 4.74 Å². The summed E-state index contributed by atoms with van der Waals surface area (Å²) in [5.41, 5.74) is 2.48. The predicted octanol–water partition coefficient (Wildman–Crippen LogP) is 5.24. The summed E-state index contributed by atoms with van der Waals surface area (Å²) in [6.45, 7) is 2.02. The molecule has 2 heteroatoms. The van der Waals surface area contributed by atoms with Crippen LogP contribution in [0.15, 0.2) is 54.6 Å². The van der Waals surface area contributed by atoms with Crippen LogP contribution in [0.25, 0.3) is 11.1 Å². The van der Waals surface area contributed by atoms with Crippen molar-refractivity contribution in [3.8, 4) is 16.9 Å². The first-order valence-corrected chi connectivity index (χ1v) is 8.69. The first-order valence-electron chi connectivity index (χ1n) is 8.69. The highest BCUT2D eigenvalue weighted by atomic mass is 16.5. The van der Waals surface area contributed by atoms with Gasteiger partial charge in [0.25, 0.3) is 0 Å². The fraction of sp³-hybridized carbons (Fsp3) is 0.429. The van der Waals surface area contributed by atoms with Gasteiger partial charge in [0.1, 0.15) is 5.75 Å². The molecule has 2 rings (SSSR count). The zero-order valence-corrected chi connectivity index (χ0v) is 14.5. The number of ether oxygens (including phenoxy) is 1. The standard InChI is InChI=1S/C21H29NO/c1-22(2)17-9-4-3-5-10-18-23-21-15-13-20(14-16-21)19-11-7-6-8-12-19/h6-8,11-16H,3-5,9-10,17-18H2,1-2H3. The Hall–Kier alpha value is -1.80. The van der Waals surface area contributed by atoms with Crippen molar-refractivity contribution in [2.24, 2.45) is 0 Å². The van der Waals surface area contributed by atoms with E-state index in [1.807, 2.05) is 6.07 Å². The Labute approximate surface area is 141 Å². The number of benzene rings is 2. The lowest BCUT2D eigenvalue weighted by atomic mass is 10.1. The Morgan fingerprint density at radius 2 is 1.30 bits per heavy atom. The van der Waals surface area contributed by atoms with Crippen LogP contribution >= 0.6 is 0 Å². The average Bonchev–Trinajstić information content (AvgIpc) is 2.58. The predicted molar refractivity (Wildman–Crippen MR) is 99.0 cm³/mol. The number of unbranched alkanes of at least 4 members (excludes halogenated alkanes) is 4. The van der Waals surface area contributed by atoms with Crippen molar-refractivity contribution < 1.29 is 4.74 Å². The summed E-state index contributed by atoms with van der Waals surface area (Å²) >= 11 is 0. The Kier molecular flexibility index (Phi) is 7.68. The molecule has 0 spiro atoms. The normalized spacial score (nSPS) is 10.9. The van der Waals surface area contributed by atoms with Crippen LogP contribution in [0.5, 0.6) is 5.75 Å². The van der Waals surface area contributed by atoms with Gasteiger partial charge in [-0.1, -0.05) is 61.7 Å². The van der Waals surface area contributed by atoms with Gasteiger partial charge in [-0.15, -0.1) is 0 Å². The van der Waals surface area contributed by atoms with E-state index in [9.17, 15) is 0 Å². The van der Waals surface area contributed by atoms with E-state index in [1.54, 1.807) is 0 Å². The molecule has 2 nitrogen and oxygen atoms in total. The van der Waals surface area contributed by atoms with E-state index in [1.165, 1.54) is 43.4 Å². The molecule has 0 aliphatic heterocycles. The Bertz CT molecular complexity index is 534. The van der Waals surface area contributed by atoms with E-state index in [2.05, 4.69) is 67.5 Å². The van der Waals surface area contributed by atoms with E-state index in [-0.39, 0.29) is 0 Å². The van der Waals surface area contributed by atoms with Crippen molar-refractivity contribution in [2.45, 2.75) is 32.1 Å². The molecule has 0 atom stereocenters. The Balaban J connectivity index is 1.61. The summed E-state index contributed by atoms with van der Waals surface area (Å²) < 4.78 is 5.83. The molecular weight excluding hydrogens is 282 g/mol. The van der Waals surface area contributed by atoms with Gasteiger partial charge in [-0.25, -0.2) is 0 Å². The highest BCUT2D eigenvalue weighted by Crippen LogP contribution is 2.22. The summed E-state index contributed by atoms with van der Waals surface area (Å²) in [6, 6.07) is 18.8. The fourth-order valence-electron chi connectivity index (χ4n) is 2.62. The maximum Gasteiger partial charge on any atom is 0.119 e. The average molecular weight is 311 g/mol. The maximum absolute atomic E-state index is 5.83. The third-order valence-electron chi connectivity index (χ3n) is 3.98. The van der Waals surface area contributed by atoms with Crippen molar-refractivity contribution in [2.75, 3.05) is 27.2 Å². The summed E-state index contributed by atoms with van der Waals surface area (Å²) in [7, 11) is 4.27. The van der Waals surface area contributed by atoms with Crippen LogP contribution in [0.2, 0.25) is 0 Å². The molecule has 0 N–H and O–H groups in total. The van der Waals surface area contributed by atoms with Gasteiger partial charge in [0.15, 0.2) is 0 Å². The van der Waals surface area contributed by atoms with E-state index >= 15 is 0 Å². The van der Waals surface area contributed by atoms with E-state index in [0.717, 1.165) is 18.8 Å². The van der Waals surface area contributed by atoms with Gasteiger partial charge >= 0.3 is 0 Å². The molecule has 0 bridgehead atoms. The molecule has 23 heavy (non-hydrogen) atoms. The second-order valence-electron chi connectivity index (χ2n) is 6.31. The van der Waals surface area contributed by atoms with Crippen LogP contribution in [0.4, 0.5) is 0 Å². The molecule has 0 heterocycles. The topological polar surface area (TPSA) is 12.5 Å². The molecule has 0 aromatic heterocycles. The molecule has 0 amide bonds. The molecule has 0 aliphatic rings. The largest absolute Gasteiger partial charge is 0.494 e. The van der Waals surface area contributed by atoms with Crippen LogP contribution in [-0.4, -0.2) is 32.1 Å².